The molecule has 1 aliphatic rings. The molecule has 2 amide bonds. The molecule has 1 aliphatic carbocycles. The van der Waals surface area contributed by atoms with Crippen LogP contribution in [0.25, 0.3) is 0 Å². The number of hydrogen-bond acceptors (Lipinski definition) is 3. The summed E-state index contributed by atoms with van der Waals surface area (Å²) in [6.07, 6.45) is 3.76. The third kappa shape index (κ3) is 3.98. The quantitative estimate of drug-likeness (QED) is 0.642. The highest BCUT2D eigenvalue weighted by atomic mass is 16.2. The van der Waals surface area contributed by atoms with E-state index in [0.717, 1.165) is 25.7 Å². The first kappa shape index (κ1) is 15.0. The van der Waals surface area contributed by atoms with E-state index in [-0.39, 0.29) is 18.4 Å². The predicted octanol–water partition coefficient (Wildman–Crippen LogP) is 0.394. The van der Waals surface area contributed by atoms with Crippen LogP contribution in [0.5, 0.6) is 0 Å². The molecule has 1 fully saturated rings. The van der Waals surface area contributed by atoms with Crippen LogP contribution < -0.4 is 16.4 Å². The molecule has 0 atom stereocenters. The van der Waals surface area contributed by atoms with E-state index in [2.05, 4.69) is 10.6 Å². The van der Waals surface area contributed by atoms with E-state index in [0.29, 0.717) is 19.0 Å². The Balaban J connectivity index is 2.34. The number of nitrogens with two attached hydrogens (primary N) is 1. The number of carbonyl (C=O) groups is 2. The molecule has 0 unspecified atom stereocenters. The van der Waals surface area contributed by atoms with Crippen molar-refractivity contribution in [2.45, 2.75) is 39.5 Å². The van der Waals surface area contributed by atoms with Crippen LogP contribution in [0.3, 0.4) is 0 Å². The normalized spacial score (nSPS) is 17.8. The van der Waals surface area contributed by atoms with Crippen LogP contribution in [0.15, 0.2) is 0 Å². The SMILES string of the molecule is CC(C)CNC(=O)CNC(=O)C1(CN)CCCC1. The van der Waals surface area contributed by atoms with E-state index in [4.69, 9.17) is 5.73 Å². The Kier molecular flexibility index (Phi) is 5.59. The maximum Gasteiger partial charge on any atom is 0.239 e. The maximum atomic E-state index is 12.1. The highest BCUT2D eigenvalue weighted by Gasteiger charge is 2.39. The van der Waals surface area contributed by atoms with Crippen molar-refractivity contribution < 1.29 is 9.59 Å². The highest BCUT2D eigenvalue weighted by Crippen LogP contribution is 2.37. The Bertz CT molecular complexity index is 297. The van der Waals surface area contributed by atoms with Crippen LogP contribution in [0.4, 0.5) is 0 Å². The summed E-state index contributed by atoms with van der Waals surface area (Å²) < 4.78 is 0. The third-order valence-corrected chi connectivity index (χ3v) is 3.55. The molecule has 0 spiro atoms. The van der Waals surface area contributed by atoms with Gasteiger partial charge in [-0.3, -0.25) is 9.59 Å². The van der Waals surface area contributed by atoms with Gasteiger partial charge in [-0.2, -0.15) is 0 Å². The number of nitrogens with one attached hydrogen (secondary N) is 2. The minimum Gasteiger partial charge on any atom is -0.354 e. The van der Waals surface area contributed by atoms with Gasteiger partial charge >= 0.3 is 0 Å². The monoisotopic (exact) mass is 255 g/mol. The molecular weight excluding hydrogens is 230 g/mol. The summed E-state index contributed by atoms with van der Waals surface area (Å²) in [6, 6.07) is 0. The molecule has 0 aromatic carbocycles. The van der Waals surface area contributed by atoms with Gasteiger partial charge in [0.05, 0.1) is 12.0 Å². The summed E-state index contributed by atoms with van der Waals surface area (Å²) in [4.78, 5) is 23.6. The lowest BCUT2D eigenvalue weighted by Gasteiger charge is -2.25. The number of rotatable bonds is 6. The zero-order valence-electron chi connectivity index (χ0n) is 11.4. The highest BCUT2D eigenvalue weighted by molar-refractivity contribution is 5.88. The topological polar surface area (TPSA) is 84.2 Å². The Labute approximate surface area is 109 Å². The minimum atomic E-state index is -0.432. The molecule has 1 saturated carbocycles. The van der Waals surface area contributed by atoms with Gasteiger partial charge in [-0.15, -0.1) is 0 Å². The number of carbonyl (C=O) groups excluding carboxylic acids is 2. The summed E-state index contributed by atoms with van der Waals surface area (Å²) >= 11 is 0. The molecule has 5 heteroatoms. The van der Waals surface area contributed by atoms with Crippen molar-refractivity contribution >= 4 is 11.8 Å². The van der Waals surface area contributed by atoms with E-state index in [1.807, 2.05) is 13.8 Å². The lowest BCUT2D eigenvalue weighted by atomic mass is 9.85. The van der Waals surface area contributed by atoms with E-state index in [9.17, 15) is 9.59 Å². The third-order valence-electron chi connectivity index (χ3n) is 3.55. The van der Waals surface area contributed by atoms with Gasteiger partial charge in [-0.25, -0.2) is 0 Å². The first-order chi connectivity index (χ1) is 8.50. The van der Waals surface area contributed by atoms with E-state index >= 15 is 0 Å². The lowest BCUT2D eigenvalue weighted by Crippen LogP contribution is -2.47. The molecule has 4 N–H and O–H groups in total. The Morgan fingerprint density at radius 2 is 1.83 bits per heavy atom. The molecule has 104 valence electrons. The van der Waals surface area contributed by atoms with Crippen molar-refractivity contribution in [3.63, 3.8) is 0 Å². The van der Waals surface area contributed by atoms with Crippen LogP contribution in [0.1, 0.15) is 39.5 Å². The van der Waals surface area contributed by atoms with Crippen molar-refractivity contribution in [2.24, 2.45) is 17.1 Å². The predicted molar refractivity (Wildman–Crippen MR) is 70.8 cm³/mol. The average molecular weight is 255 g/mol. The standard InChI is InChI=1S/C13H25N3O2/c1-10(2)7-15-11(17)8-16-12(18)13(9-14)5-3-4-6-13/h10H,3-9,14H2,1-2H3,(H,15,17)(H,16,18). The minimum absolute atomic E-state index is 0.0489. The second-order valence-corrected chi connectivity index (χ2v) is 5.57. The molecule has 0 heterocycles. The van der Waals surface area contributed by atoms with Gasteiger partial charge in [-0.1, -0.05) is 26.7 Å². The van der Waals surface area contributed by atoms with Gasteiger partial charge < -0.3 is 16.4 Å². The zero-order valence-corrected chi connectivity index (χ0v) is 11.4. The van der Waals surface area contributed by atoms with Gasteiger partial charge in [0, 0.05) is 13.1 Å². The molecular formula is C13H25N3O2. The van der Waals surface area contributed by atoms with Gasteiger partial charge in [0.15, 0.2) is 0 Å². The molecule has 0 aromatic heterocycles. The van der Waals surface area contributed by atoms with Crippen LogP contribution in [0.2, 0.25) is 0 Å². The van der Waals surface area contributed by atoms with E-state index < -0.39 is 5.41 Å². The molecule has 0 bridgehead atoms. The number of hydrogen-bond donors (Lipinski definition) is 3. The van der Waals surface area contributed by atoms with Crippen molar-refractivity contribution in [3.05, 3.63) is 0 Å². The summed E-state index contributed by atoms with van der Waals surface area (Å²) in [5, 5.41) is 5.48. The first-order valence-corrected chi connectivity index (χ1v) is 6.75. The Morgan fingerprint density at radius 3 is 2.33 bits per heavy atom. The van der Waals surface area contributed by atoms with Crippen LogP contribution in [0, 0.1) is 11.3 Å². The molecule has 0 saturated heterocycles. The smallest absolute Gasteiger partial charge is 0.239 e. The largest absolute Gasteiger partial charge is 0.354 e. The molecule has 0 aromatic rings. The summed E-state index contributed by atoms with van der Waals surface area (Å²) in [7, 11) is 0. The van der Waals surface area contributed by atoms with Gasteiger partial charge in [0.25, 0.3) is 0 Å². The van der Waals surface area contributed by atoms with Gasteiger partial charge in [0.1, 0.15) is 0 Å². The summed E-state index contributed by atoms with van der Waals surface area (Å²) in [5.74, 6) is 0.208. The van der Waals surface area contributed by atoms with Gasteiger partial charge in [0.2, 0.25) is 11.8 Å². The summed E-state index contributed by atoms with van der Waals surface area (Å²) in [5.41, 5.74) is 5.28. The van der Waals surface area contributed by atoms with Crippen molar-refractivity contribution in [2.75, 3.05) is 19.6 Å². The van der Waals surface area contributed by atoms with E-state index in [1.54, 1.807) is 0 Å². The Hall–Kier alpha value is -1.10. The van der Waals surface area contributed by atoms with Crippen molar-refractivity contribution in [1.82, 2.24) is 10.6 Å². The van der Waals surface area contributed by atoms with Crippen LogP contribution in [-0.4, -0.2) is 31.4 Å². The van der Waals surface area contributed by atoms with Crippen molar-refractivity contribution in [1.29, 1.82) is 0 Å². The molecule has 1 rings (SSSR count). The fourth-order valence-electron chi connectivity index (χ4n) is 2.30. The molecule has 18 heavy (non-hydrogen) atoms. The second kappa shape index (κ2) is 6.73. The van der Waals surface area contributed by atoms with E-state index in [1.165, 1.54) is 0 Å². The fourth-order valence-corrected chi connectivity index (χ4v) is 2.30. The van der Waals surface area contributed by atoms with Crippen molar-refractivity contribution in [3.8, 4) is 0 Å². The van der Waals surface area contributed by atoms with Crippen LogP contribution in [-0.2, 0) is 9.59 Å². The van der Waals surface area contributed by atoms with Crippen LogP contribution >= 0.6 is 0 Å². The Morgan fingerprint density at radius 1 is 1.22 bits per heavy atom. The fraction of sp³-hybridized carbons (Fsp3) is 0.846. The van der Waals surface area contributed by atoms with Gasteiger partial charge in [-0.05, 0) is 18.8 Å². The zero-order chi connectivity index (χ0) is 13.6. The summed E-state index contributed by atoms with van der Waals surface area (Å²) in [6.45, 7) is 5.11. The molecule has 0 aliphatic heterocycles. The molecule has 5 nitrogen and oxygen atoms in total. The number of amides is 2. The first-order valence-electron chi connectivity index (χ1n) is 6.75. The average Bonchev–Trinajstić information content (AvgIpc) is 2.83. The lowest BCUT2D eigenvalue weighted by molar-refractivity contribution is -0.132. The maximum absolute atomic E-state index is 12.1. The molecule has 0 radical (unpaired) electrons. The second-order valence-electron chi connectivity index (χ2n) is 5.57.